The van der Waals surface area contributed by atoms with Crippen LogP contribution in [0.25, 0.3) is 16.7 Å². The van der Waals surface area contributed by atoms with Crippen LogP contribution in [0.15, 0.2) is 79.6 Å². The number of hydrogen-bond donors (Lipinski definition) is 0. The van der Waals surface area contributed by atoms with Gasteiger partial charge in [0, 0.05) is 29.7 Å². The van der Waals surface area contributed by atoms with Crippen LogP contribution in [0.2, 0.25) is 0 Å². The minimum atomic E-state index is -0.975. The fourth-order valence-electron chi connectivity index (χ4n) is 2.98. The van der Waals surface area contributed by atoms with Crippen molar-refractivity contribution in [2.24, 2.45) is 0 Å². The summed E-state index contributed by atoms with van der Waals surface area (Å²) in [5.41, 5.74) is 1.28. The molecule has 0 fully saturated rings. The Bertz CT molecular complexity index is 1080. The minimum Gasteiger partial charge on any atom is -0.428 e. The highest BCUT2D eigenvalue weighted by atomic mass is 19.2. The molecule has 0 aliphatic heterocycles. The quantitative estimate of drug-likeness (QED) is 0.359. The summed E-state index contributed by atoms with van der Waals surface area (Å²) in [4.78, 5) is 22.5. The van der Waals surface area contributed by atoms with E-state index in [1.165, 1.54) is 36.4 Å². The van der Waals surface area contributed by atoms with E-state index in [4.69, 9.17) is 9.47 Å². The van der Waals surface area contributed by atoms with Crippen LogP contribution in [0.1, 0.15) is 18.4 Å². The third-order valence-corrected chi connectivity index (χ3v) is 4.49. The van der Waals surface area contributed by atoms with Gasteiger partial charge in [0.05, 0.1) is 0 Å². The van der Waals surface area contributed by atoms with Crippen molar-refractivity contribution in [3.05, 3.63) is 96.8 Å². The van der Waals surface area contributed by atoms with Crippen LogP contribution in [-0.2, 0) is 14.3 Å². The number of carbonyl (C=O) groups excluding carboxylic acids is 2. The zero-order chi connectivity index (χ0) is 21.7. The van der Waals surface area contributed by atoms with Gasteiger partial charge in [0.15, 0.2) is 11.6 Å². The lowest BCUT2D eigenvalue weighted by Gasteiger charge is -2.16. The first-order valence-electron chi connectivity index (χ1n) is 9.10. The molecule has 0 spiro atoms. The lowest BCUT2D eigenvalue weighted by atomic mass is 9.93. The Hall–Kier alpha value is -3.80. The lowest BCUT2D eigenvalue weighted by Crippen LogP contribution is -2.04. The van der Waals surface area contributed by atoms with E-state index in [1.807, 2.05) is 0 Å². The maximum Gasteiger partial charge on any atom is 0.335 e. The molecule has 0 bridgehead atoms. The van der Waals surface area contributed by atoms with E-state index in [0.29, 0.717) is 29.7 Å². The maximum atomic E-state index is 14.8. The topological polar surface area (TPSA) is 52.6 Å². The van der Waals surface area contributed by atoms with Gasteiger partial charge in [0.1, 0.15) is 11.5 Å². The molecule has 30 heavy (non-hydrogen) atoms. The largest absolute Gasteiger partial charge is 0.428 e. The standard InChI is InChI=1S/C24H18F2O4/c1-3-21(27)29-17-9-5-15(6-10-17)19-13-14-20(24(26)23(19)25)16-7-11-18(12-8-16)30-22(28)4-2/h3-7,9-11,13-14H,1-2,8,12H2. The molecular formula is C24H18F2O4. The molecule has 0 heterocycles. The van der Waals surface area contributed by atoms with E-state index < -0.39 is 23.6 Å². The molecule has 6 heteroatoms. The summed E-state index contributed by atoms with van der Waals surface area (Å²) >= 11 is 0. The van der Waals surface area contributed by atoms with Crippen LogP contribution in [0.4, 0.5) is 8.78 Å². The molecule has 4 nitrogen and oxygen atoms in total. The normalized spacial score (nSPS) is 13.0. The third-order valence-electron chi connectivity index (χ3n) is 4.49. The van der Waals surface area contributed by atoms with Crippen LogP contribution < -0.4 is 4.74 Å². The smallest absolute Gasteiger partial charge is 0.335 e. The van der Waals surface area contributed by atoms with E-state index in [0.717, 1.165) is 12.2 Å². The number of allylic oxidation sites excluding steroid dienone is 4. The van der Waals surface area contributed by atoms with Crippen LogP contribution in [-0.4, -0.2) is 11.9 Å². The first-order valence-corrected chi connectivity index (χ1v) is 9.10. The summed E-state index contributed by atoms with van der Waals surface area (Å²) in [6, 6.07) is 9.05. The summed E-state index contributed by atoms with van der Waals surface area (Å²) < 4.78 is 39.6. The number of carbonyl (C=O) groups is 2. The van der Waals surface area contributed by atoms with Crippen molar-refractivity contribution in [2.75, 3.05) is 0 Å². The second-order valence-electron chi connectivity index (χ2n) is 6.39. The second kappa shape index (κ2) is 9.13. The van der Waals surface area contributed by atoms with Gasteiger partial charge in [0.25, 0.3) is 0 Å². The highest BCUT2D eigenvalue weighted by Gasteiger charge is 2.19. The Morgan fingerprint density at radius 2 is 1.40 bits per heavy atom. The van der Waals surface area contributed by atoms with E-state index in [2.05, 4.69) is 13.2 Å². The molecule has 0 radical (unpaired) electrons. The van der Waals surface area contributed by atoms with Crippen LogP contribution in [0.3, 0.4) is 0 Å². The molecule has 1 aliphatic rings. The van der Waals surface area contributed by atoms with Crippen molar-refractivity contribution >= 4 is 17.5 Å². The van der Waals surface area contributed by atoms with E-state index in [-0.39, 0.29) is 16.9 Å². The molecule has 0 amide bonds. The van der Waals surface area contributed by atoms with E-state index in [1.54, 1.807) is 12.2 Å². The monoisotopic (exact) mass is 408 g/mol. The van der Waals surface area contributed by atoms with Crippen molar-refractivity contribution in [1.29, 1.82) is 0 Å². The van der Waals surface area contributed by atoms with Gasteiger partial charge in [-0.05, 0) is 35.8 Å². The van der Waals surface area contributed by atoms with Crippen LogP contribution in [0.5, 0.6) is 5.75 Å². The first-order chi connectivity index (χ1) is 14.4. The summed E-state index contributed by atoms with van der Waals surface area (Å²) in [5.74, 6) is -2.39. The fourth-order valence-corrected chi connectivity index (χ4v) is 2.98. The molecule has 0 N–H and O–H groups in total. The van der Waals surface area contributed by atoms with E-state index >= 15 is 0 Å². The summed E-state index contributed by atoms with van der Waals surface area (Å²) in [7, 11) is 0. The van der Waals surface area contributed by atoms with E-state index in [9.17, 15) is 18.4 Å². The zero-order valence-corrected chi connectivity index (χ0v) is 16.0. The Kier molecular flexibility index (Phi) is 6.37. The molecule has 0 saturated carbocycles. The lowest BCUT2D eigenvalue weighted by molar-refractivity contribution is -0.134. The molecule has 0 unspecified atom stereocenters. The molecule has 0 aromatic heterocycles. The van der Waals surface area contributed by atoms with Gasteiger partial charge in [-0.15, -0.1) is 0 Å². The number of halogens is 2. The first kappa shape index (κ1) is 20.9. The second-order valence-corrected chi connectivity index (χ2v) is 6.39. The molecule has 1 aliphatic carbocycles. The highest BCUT2D eigenvalue weighted by Crippen LogP contribution is 2.34. The SMILES string of the molecule is C=CC(=O)OC1=CC=C(c2ccc(-c3ccc(OC(=O)C=C)cc3)c(F)c2F)CC1. The van der Waals surface area contributed by atoms with Gasteiger partial charge in [-0.25, -0.2) is 18.4 Å². The van der Waals surface area contributed by atoms with Crippen molar-refractivity contribution in [1.82, 2.24) is 0 Å². The van der Waals surface area contributed by atoms with Gasteiger partial charge >= 0.3 is 11.9 Å². The Morgan fingerprint density at radius 1 is 0.800 bits per heavy atom. The average Bonchev–Trinajstić information content (AvgIpc) is 2.77. The van der Waals surface area contributed by atoms with Gasteiger partial charge in [-0.3, -0.25) is 0 Å². The Balaban J connectivity index is 1.84. The molecule has 152 valence electrons. The molecular weight excluding hydrogens is 390 g/mol. The summed E-state index contributed by atoms with van der Waals surface area (Å²) in [6.07, 6.45) is 6.05. The molecule has 2 aromatic rings. The summed E-state index contributed by atoms with van der Waals surface area (Å²) in [5, 5.41) is 0. The Morgan fingerprint density at radius 3 is 2.00 bits per heavy atom. The van der Waals surface area contributed by atoms with Crippen molar-refractivity contribution in [3.8, 4) is 16.9 Å². The number of hydrogen-bond acceptors (Lipinski definition) is 4. The maximum absolute atomic E-state index is 14.8. The van der Waals surface area contributed by atoms with Gasteiger partial charge < -0.3 is 9.47 Å². The number of ether oxygens (including phenoxy) is 2. The van der Waals surface area contributed by atoms with Crippen molar-refractivity contribution in [2.45, 2.75) is 12.8 Å². The molecule has 0 saturated heterocycles. The average molecular weight is 408 g/mol. The predicted molar refractivity (Wildman–Crippen MR) is 109 cm³/mol. The number of esters is 2. The number of rotatable bonds is 6. The zero-order valence-electron chi connectivity index (χ0n) is 16.0. The predicted octanol–water partition coefficient (Wildman–Crippen LogP) is 5.51. The van der Waals surface area contributed by atoms with Gasteiger partial charge in [-0.2, -0.15) is 0 Å². The molecule has 0 atom stereocenters. The number of benzene rings is 2. The third kappa shape index (κ3) is 4.60. The molecule has 2 aromatic carbocycles. The van der Waals surface area contributed by atoms with Gasteiger partial charge in [-0.1, -0.05) is 43.5 Å². The minimum absolute atomic E-state index is 0.0883. The summed E-state index contributed by atoms with van der Waals surface area (Å²) in [6.45, 7) is 6.64. The van der Waals surface area contributed by atoms with Crippen molar-refractivity contribution < 1.29 is 27.8 Å². The van der Waals surface area contributed by atoms with Gasteiger partial charge in [0.2, 0.25) is 0 Å². The van der Waals surface area contributed by atoms with Crippen molar-refractivity contribution in [3.63, 3.8) is 0 Å². The molecule has 3 rings (SSSR count). The van der Waals surface area contributed by atoms with Crippen LogP contribution in [0, 0.1) is 11.6 Å². The van der Waals surface area contributed by atoms with Crippen LogP contribution >= 0.6 is 0 Å². The highest BCUT2D eigenvalue weighted by molar-refractivity contribution is 5.83. The fraction of sp³-hybridized carbons (Fsp3) is 0.0833. The Labute approximate surface area is 172 Å².